The van der Waals surface area contributed by atoms with Crippen molar-refractivity contribution in [2.45, 2.75) is 60.7 Å². The molecule has 0 aromatic carbocycles. The fourth-order valence-corrected chi connectivity index (χ4v) is 3.44. The van der Waals surface area contributed by atoms with Crippen molar-refractivity contribution in [2.24, 2.45) is 5.92 Å². The standard InChI is InChI=1S/C13H24O9S/c14-2-4-1-6(23)8(17)10(19)12(4)22-13-11(20)9(18)7(16)5(3-15)21-13/h4-20,23H,1-3H2/t4?,5?,6-,7-,8?,9+,10-,11?,12-,13+/m1/s1. The third-order valence-corrected chi connectivity index (χ3v) is 4.98. The Kier molecular flexibility index (Phi) is 6.65. The minimum Gasteiger partial charge on any atom is -0.396 e. The molecule has 1 saturated carbocycles. The summed E-state index contributed by atoms with van der Waals surface area (Å²) in [7, 11) is 0. The van der Waals surface area contributed by atoms with Gasteiger partial charge in [0.05, 0.1) is 18.8 Å². The predicted octanol–water partition coefficient (Wildman–Crippen LogP) is -3.80. The van der Waals surface area contributed by atoms with Crippen LogP contribution in [0.4, 0.5) is 0 Å². The van der Waals surface area contributed by atoms with Gasteiger partial charge in [-0.1, -0.05) is 0 Å². The molecule has 9 nitrogen and oxygen atoms in total. The first-order valence-electron chi connectivity index (χ1n) is 7.42. The van der Waals surface area contributed by atoms with E-state index in [4.69, 9.17) is 14.6 Å². The highest BCUT2D eigenvalue weighted by atomic mass is 32.1. The molecular formula is C13H24O9S. The molecule has 7 N–H and O–H groups in total. The van der Waals surface area contributed by atoms with Crippen molar-refractivity contribution in [1.82, 2.24) is 0 Å². The monoisotopic (exact) mass is 356 g/mol. The van der Waals surface area contributed by atoms with E-state index in [9.17, 15) is 30.6 Å². The van der Waals surface area contributed by atoms with Crippen molar-refractivity contribution in [3.05, 3.63) is 0 Å². The number of hydrogen-bond donors (Lipinski definition) is 8. The maximum absolute atomic E-state index is 10.1. The molecule has 1 aliphatic carbocycles. The Hall–Kier alpha value is -0.0100. The first kappa shape index (κ1) is 19.3. The van der Waals surface area contributed by atoms with E-state index in [-0.39, 0.29) is 13.0 Å². The normalized spacial score (nSPS) is 51.7. The second-order valence-electron chi connectivity index (χ2n) is 6.02. The summed E-state index contributed by atoms with van der Waals surface area (Å²) >= 11 is 4.15. The van der Waals surface area contributed by atoms with Crippen LogP contribution in [0.1, 0.15) is 6.42 Å². The molecule has 0 radical (unpaired) electrons. The molecule has 136 valence electrons. The SMILES string of the molecule is OCC1O[C@@H](O[C@@H]2C(CO)C[C@@H](S)C(O)[C@H]2O)C(O)[C@@H](O)[C@@H]1O. The van der Waals surface area contributed by atoms with Gasteiger partial charge in [-0.15, -0.1) is 0 Å². The summed E-state index contributed by atoms with van der Waals surface area (Å²) in [5.41, 5.74) is 0. The Labute approximate surface area is 138 Å². The largest absolute Gasteiger partial charge is 0.396 e. The van der Waals surface area contributed by atoms with Crippen LogP contribution in [0.2, 0.25) is 0 Å². The molecule has 2 rings (SSSR count). The molecule has 0 spiro atoms. The lowest BCUT2D eigenvalue weighted by Gasteiger charge is -2.45. The molecule has 0 aromatic rings. The van der Waals surface area contributed by atoms with Crippen molar-refractivity contribution in [1.29, 1.82) is 0 Å². The van der Waals surface area contributed by atoms with E-state index in [1.54, 1.807) is 0 Å². The molecule has 23 heavy (non-hydrogen) atoms. The van der Waals surface area contributed by atoms with Gasteiger partial charge in [0, 0.05) is 17.8 Å². The van der Waals surface area contributed by atoms with Crippen LogP contribution in [0, 0.1) is 5.92 Å². The maximum atomic E-state index is 10.1. The van der Waals surface area contributed by atoms with E-state index in [1.165, 1.54) is 0 Å². The summed E-state index contributed by atoms with van der Waals surface area (Å²) in [6.07, 6.45) is -10.7. The van der Waals surface area contributed by atoms with E-state index in [0.29, 0.717) is 0 Å². The zero-order chi connectivity index (χ0) is 17.3. The molecule has 2 fully saturated rings. The fraction of sp³-hybridized carbons (Fsp3) is 1.00. The van der Waals surface area contributed by atoms with Crippen molar-refractivity contribution in [3.63, 3.8) is 0 Å². The van der Waals surface area contributed by atoms with Crippen LogP contribution in [0.3, 0.4) is 0 Å². The maximum Gasteiger partial charge on any atom is 0.187 e. The molecule has 0 bridgehead atoms. The predicted molar refractivity (Wildman–Crippen MR) is 78.6 cm³/mol. The lowest BCUT2D eigenvalue weighted by atomic mass is 9.82. The Morgan fingerprint density at radius 3 is 2.09 bits per heavy atom. The number of ether oxygens (including phenoxy) is 2. The quantitative estimate of drug-likeness (QED) is 0.236. The summed E-state index contributed by atoms with van der Waals surface area (Å²) < 4.78 is 10.7. The first-order chi connectivity index (χ1) is 10.8. The first-order valence-corrected chi connectivity index (χ1v) is 7.94. The summed E-state index contributed by atoms with van der Waals surface area (Å²) in [6, 6.07) is 0. The van der Waals surface area contributed by atoms with Gasteiger partial charge in [-0.3, -0.25) is 0 Å². The zero-order valence-electron chi connectivity index (χ0n) is 12.3. The van der Waals surface area contributed by atoms with E-state index in [2.05, 4.69) is 12.6 Å². The van der Waals surface area contributed by atoms with Crippen LogP contribution in [0.5, 0.6) is 0 Å². The van der Waals surface area contributed by atoms with Crippen LogP contribution in [-0.4, -0.2) is 103 Å². The van der Waals surface area contributed by atoms with Gasteiger partial charge in [0.15, 0.2) is 6.29 Å². The molecule has 4 unspecified atom stereocenters. The smallest absolute Gasteiger partial charge is 0.187 e. The van der Waals surface area contributed by atoms with E-state index in [0.717, 1.165) is 0 Å². The van der Waals surface area contributed by atoms with Gasteiger partial charge in [0.2, 0.25) is 0 Å². The van der Waals surface area contributed by atoms with Gasteiger partial charge in [0.1, 0.15) is 30.5 Å². The van der Waals surface area contributed by atoms with Crippen LogP contribution < -0.4 is 0 Å². The van der Waals surface area contributed by atoms with Crippen LogP contribution in [0.25, 0.3) is 0 Å². The Morgan fingerprint density at radius 2 is 1.52 bits per heavy atom. The number of aliphatic hydroxyl groups is 7. The van der Waals surface area contributed by atoms with Gasteiger partial charge in [-0.2, -0.15) is 12.6 Å². The minimum absolute atomic E-state index is 0.264. The van der Waals surface area contributed by atoms with Gasteiger partial charge in [-0.05, 0) is 6.42 Å². The molecule has 0 amide bonds. The van der Waals surface area contributed by atoms with E-state index >= 15 is 0 Å². The third kappa shape index (κ3) is 3.82. The molecule has 10 heteroatoms. The number of hydrogen-bond acceptors (Lipinski definition) is 10. The molecule has 2 aliphatic rings. The molecule has 1 saturated heterocycles. The highest BCUT2D eigenvalue weighted by molar-refractivity contribution is 7.81. The topological polar surface area (TPSA) is 160 Å². The average molecular weight is 356 g/mol. The minimum atomic E-state index is -1.62. The Bertz CT molecular complexity index is 382. The second-order valence-corrected chi connectivity index (χ2v) is 6.69. The number of thiol groups is 1. The van der Waals surface area contributed by atoms with Crippen molar-refractivity contribution in [2.75, 3.05) is 13.2 Å². The molecule has 1 aliphatic heterocycles. The Balaban J connectivity index is 2.11. The summed E-state index contributed by atoms with van der Waals surface area (Å²) in [4.78, 5) is 0. The highest BCUT2D eigenvalue weighted by Gasteiger charge is 2.49. The lowest BCUT2D eigenvalue weighted by Crippen LogP contribution is -2.62. The number of aliphatic hydroxyl groups excluding tert-OH is 7. The number of rotatable bonds is 4. The molecule has 10 atom stereocenters. The van der Waals surface area contributed by atoms with Gasteiger partial charge in [-0.25, -0.2) is 0 Å². The average Bonchev–Trinajstić information content (AvgIpc) is 2.55. The zero-order valence-corrected chi connectivity index (χ0v) is 13.2. The van der Waals surface area contributed by atoms with Crippen molar-refractivity contribution in [3.8, 4) is 0 Å². The van der Waals surface area contributed by atoms with E-state index < -0.39 is 66.8 Å². The molecular weight excluding hydrogens is 332 g/mol. The summed E-state index contributed by atoms with van der Waals surface area (Å²) in [5.74, 6) is -0.566. The van der Waals surface area contributed by atoms with Gasteiger partial charge < -0.3 is 45.2 Å². The third-order valence-electron chi connectivity index (χ3n) is 4.46. The van der Waals surface area contributed by atoms with Crippen molar-refractivity contribution < 1.29 is 45.2 Å². The van der Waals surface area contributed by atoms with Crippen LogP contribution >= 0.6 is 12.6 Å². The van der Waals surface area contributed by atoms with Crippen LogP contribution in [0.15, 0.2) is 0 Å². The van der Waals surface area contributed by atoms with Crippen molar-refractivity contribution >= 4 is 12.6 Å². The lowest BCUT2D eigenvalue weighted by molar-refractivity contribution is -0.327. The fourth-order valence-electron chi connectivity index (χ4n) is 2.99. The Morgan fingerprint density at radius 1 is 0.870 bits per heavy atom. The highest BCUT2D eigenvalue weighted by Crippen LogP contribution is 2.33. The van der Waals surface area contributed by atoms with E-state index in [1.807, 2.05) is 0 Å². The van der Waals surface area contributed by atoms with Gasteiger partial charge in [0.25, 0.3) is 0 Å². The molecule has 0 aromatic heterocycles. The van der Waals surface area contributed by atoms with Gasteiger partial charge >= 0.3 is 0 Å². The van der Waals surface area contributed by atoms with Crippen LogP contribution in [-0.2, 0) is 9.47 Å². The summed E-state index contributed by atoms with van der Waals surface area (Å²) in [6.45, 7) is -0.953. The summed E-state index contributed by atoms with van der Waals surface area (Å²) in [5, 5.41) is 67.5. The second kappa shape index (κ2) is 7.91. The molecule has 1 heterocycles.